The van der Waals surface area contributed by atoms with Gasteiger partial charge in [-0.2, -0.15) is 0 Å². The Bertz CT molecular complexity index is 781. The molecule has 0 spiro atoms. The van der Waals surface area contributed by atoms with Crippen molar-refractivity contribution in [2.45, 2.75) is 11.5 Å². The summed E-state index contributed by atoms with van der Waals surface area (Å²) in [7, 11) is 0. The predicted octanol–water partition coefficient (Wildman–Crippen LogP) is 10.3. The van der Waals surface area contributed by atoms with Crippen molar-refractivity contribution in [3.8, 4) is 0 Å². The molecule has 0 fully saturated rings. The van der Waals surface area contributed by atoms with Crippen molar-refractivity contribution >= 4 is 105 Å². The molecular formula is C18H12Cl6S3. The SMILES string of the molecule is ClC=C(SCc1ccc(Cl)cc1Cl)SC(=CCl)SCc1ccc(Cl)cc1Cl. The van der Waals surface area contributed by atoms with E-state index in [4.69, 9.17) is 69.6 Å². The van der Waals surface area contributed by atoms with Gasteiger partial charge in [-0.3, -0.25) is 0 Å². The van der Waals surface area contributed by atoms with Gasteiger partial charge in [-0.1, -0.05) is 93.5 Å². The highest BCUT2D eigenvalue weighted by Crippen LogP contribution is 2.43. The lowest BCUT2D eigenvalue weighted by atomic mass is 10.2. The Morgan fingerprint density at radius 1 is 0.704 bits per heavy atom. The molecule has 2 rings (SSSR count). The second-order valence-electron chi connectivity index (χ2n) is 5.01. The van der Waals surface area contributed by atoms with Gasteiger partial charge in [0.1, 0.15) is 0 Å². The van der Waals surface area contributed by atoms with Crippen LogP contribution in [0.4, 0.5) is 0 Å². The van der Waals surface area contributed by atoms with Crippen molar-refractivity contribution in [1.82, 2.24) is 0 Å². The van der Waals surface area contributed by atoms with E-state index in [9.17, 15) is 0 Å². The maximum absolute atomic E-state index is 6.22. The molecule has 0 atom stereocenters. The van der Waals surface area contributed by atoms with Crippen LogP contribution in [0.3, 0.4) is 0 Å². The zero-order valence-electron chi connectivity index (χ0n) is 13.5. The van der Waals surface area contributed by atoms with Crippen molar-refractivity contribution in [2.75, 3.05) is 0 Å². The Morgan fingerprint density at radius 2 is 1.11 bits per heavy atom. The summed E-state index contributed by atoms with van der Waals surface area (Å²) in [4.78, 5) is 0. The highest BCUT2D eigenvalue weighted by molar-refractivity contribution is 8.31. The van der Waals surface area contributed by atoms with Crippen LogP contribution in [0, 0.1) is 0 Å². The van der Waals surface area contributed by atoms with E-state index in [2.05, 4.69) is 0 Å². The maximum atomic E-state index is 6.22. The van der Waals surface area contributed by atoms with Crippen LogP contribution in [0.5, 0.6) is 0 Å². The number of hydrogen-bond donors (Lipinski definition) is 0. The second kappa shape index (κ2) is 12.4. The van der Waals surface area contributed by atoms with Gasteiger partial charge in [-0.15, -0.1) is 23.5 Å². The first-order valence-corrected chi connectivity index (χ1v) is 12.5. The minimum absolute atomic E-state index is 0.612. The Balaban J connectivity index is 1.93. The molecular weight excluding hydrogens is 525 g/mol. The van der Waals surface area contributed by atoms with Crippen LogP contribution in [0.15, 0.2) is 55.9 Å². The van der Waals surface area contributed by atoms with E-state index < -0.39 is 0 Å². The molecule has 2 aromatic carbocycles. The van der Waals surface area contributed by atoms with Crippen molar-refractivity contribution < 1.29 is 0 Å². The topological polar surface area (TPSA) is 0 Å². The number of benzene rings is 2. The third-order valence-electron chi connectivity index (χ3n) is 3.15. The first-order valence-electron chi connectivity index (χ1n) is 7.35. The number of rotatable bonds is 8. The van der Waals surface area contributed by atoms with Crippen molar-refractivity contribution in [3.63, 3.8) is 0 Å². The van der Waals surface area contributed by atoms with Gasteiger partial charge in [0.05, 0.1) is 8.47 Å². The summed E-state index contributed by atoms with van der Waals surface area (Å²) in [5.74, 6) is 1.34. The molecule has 2 aromatic rings. The van der Waals surface area contributed by atoms with Gasteiger partial charge in [0.25, 0.3) is 0 Å². The molecule has 0 aliphatic heterocycles. The normalized spacial score (nSPS) is 12.5. The molecule has 0 saturated carbocycles. The van der Waals surface area contributed by atoms with Crippen LogP contribution in [0.1, 0.15) is 11.1 Å². The minimum atomic E-state index is 0.612. The highest BCUT2D eigenvalue weighted by atomic mass is 35.5. The first kappa shape index (κ1) is 24.0. The van der Waals surface area contributed by atoms with Gasteiger partial charge in [0, 0.05) is 42.7 Å². The fourth-order valence-electron chi connectivity index (χ4n) is 1.84. The lowest BCUT2D eigenvalue weighted by molar-refractivity contribution is 1.42. The fourth-order valence-corrected chi connectivity index (χ4v) is 6.63. The largest absolute Gasteiger partial charge is 0.113 e. The molecule has 0 bridgehead atoms. The summed E-state index contributed by atoms with van der Waals surface area (Å²) in [5.41, 5.74) is 5.05. The Hall–Kier alpha value is 0.710. The van der Waals surface area contributed by atoms with Crippen LogP contribution in [-0.4, -0.2) is 0 Å². The summed E-state index contributed by atoms with van der Waals surface area (Å²) >= 11 is 40.9. The molecule has 0 aliphatic rings. The molecule has 0 aromatic heterocycles. The quantitative estimate of drug-likeness (QED) is 0.329. The van der Waals surface area contributed by atoms with Gasteiger partial charge >= 0.3 is 0 Å². The lowest BCUT2D eigenvalue weighted by Gasteiger charge is -2.10. The van der Waals surface area contributed by atoms with E-state index >= 15 is 0 Å². The zero-order chi connectivity index (χ0) is 19.8. The smallest absolute Gasteiger partial charge is 0.0572 e. The zero-order valence-corrected chi connectivity index (χ0v) is 20.5. The van der Waals surface area contributed by atoms with E-state index in [1.165, 1.54) is 22.8 Å². The first-order chi connectivity index (χ1) is 12.9. The van der Waals surface area contributed by atoms with Crippen LogP contribution in [0.2, 0.25) is 20.1 Å². The number of thioether (sulfide) groups is 3. The van der Waals surface area contributed by atoms with Crippen LogP contribution in [-0.2, 0) is 11.5 Å². The van der Waals surface area contributed by atoms with E-state index in [-0.39, 0.29) is 0 Å². The van der Waals surface area contributed by atoms with Crippen LogP contribution in [0.25, 0.3) is 0 Å². The lowest BCUT2D eigenvalue weighted by Crippen LogP contribution is -1.84. The average molecular weight is 537 g/mol. The van der Waals surface area contributed by atoms with E-state index in [1.54, 1.807) is 35.7 Å². The molecule has 0 unspecified atom stereocenters. The maximum Gasteiger partial charge on any atom is 0.0572 e. The predicted molar refractivity (Wildman–Crippen MR) is 131 cm³/mol. The third-order valence-corrected chi connectivity index (χ3v) is 8.84. The fraction of sp³-hybridized carbons (Fsp3) is 0.111. The van der Waals surface area contributed by atoms with Gasteiger partial charge in [0.2, 0.25) is 0 Å². The van der Waals surface area contributed by atoms with E-state index in [0.717, 1.165) is 19.6 Å². The van der Waals surface area contributed by atoms with Gasteiger partial charge in [-0.25, -0.2) is 0 Å². The van der Waals surface area contributed by atoms with E-state index in [1.807, 2.05) is 24.3 Å². The minimum Gasteiger partial charge on any atom is -0.113 e. The molecule has 27 heavy (non-hydrogen) atoms. The molecule has 0 amide bonds. The monoisotopic (exact) mass is 534 g/mol. The molecule has 0 N–H and O–H groups in total. The standard InChI is InChI=1S/C18H12Cl6S3/c19-7-17(25-9-11-1-3-13(21)5-15(11)23)27-18(8-20)26-10-12-2-4-14(22)6-16(12)24/h1-8H,9-10H2. The molecule has 0 radical (unpaired) electrons. The van der Waals surface area contributed by atoms with E-state index in [0.29, 0.717) is 31.6 Å². The van der Waals surface area contributed by atoms with Gasteiger partial charge in [-0.05, 0) is 35.4 Å². The summed E-state index contributed by atoms with van der Waals surface area (Å²) in [6, 6.07) is 10.9. The number of hydrogen-bond acceptors (Lipinski definition) is 3. The molecule has 144 valence electrons. The average Bonchev–Trinajstić information content (AvgIpc) is 2.63. The Labute approximate surface area is 201 Å². The van der Waals surface area contributed by atoms with Gasteiger partial charge < -0.3 is 0 Å². The number of halogens is 6. The molecule has 0 nitrogen and oxygen atoms in total. The third kappa shape index (κ3) is 8.16. The Kier molecular flexibility index (Phi) is 11.0. The van der Waals surface area contributed by atoms with Gasteiger partial charge in [0.15, 0.2) is 0 Å². The van der Waals surface area contributed by atoms with Crippen LogP contribution < -0.4 is 0 Å². The molecule has 0 heterocycles. The molecule has 9 heteroatoms. The second-order valence-corrected chi connectivity index (χ2v) is 10.8. The summed E-state index contributed by atoms with van der Waals surface area (Å²) < 4.78 is 1.81. The van der Waals surface area contributed by atoms with Crippen molar-refractivity contribution in [1.29, 1.82) is 0 Å². The van der Waals surface area contributed by atoms with Crippen molar-refractivity contribution in [3.05, 3.63) is 87.2 Å². The van der Waals surface area contributed by atoms with Crippen LogP contribution >= 0.6 is 105 Å². The molecule has 0 saturated heterocycles. The van der Waals surface area contributed by atoms with Crippen molar-refractivity contribution in [2.24, 2.45) is 0 Å². The summed E-state index contributed by atoms with van der Waals surface area (Å²) in [5, 5.41) is 2.49. The molecule has 0 aliphatic carbocycles. The highest BCUT2D eigenvalue weighted by Gasteiger charge is 2.10. The summed E-state index contributed by atoms with van der Waals surface area (Å²) in [6.45, 7) is 0. The Morgan fingerprint density at radius 3 is 1.44 bits per heavy atom. The summed E-state index contributed by atoms with van der Waals surface area (Å²) in [6.07, 6.45) is 0.